The van der Waals surface area contributed by atoms with Crippen LogP contribution in [-0.4, -0.2) is 0 Å². The van der Waals surface area contributed by atoms with Gasteiger partial charge in [0.05, 0.1) is 0 Å². The monoisotopic (exact) mass is 326 g/mol. The van der Waals surface area contributed by atoms with E-state index in [0.29, 0.717) is 0 Å². The molecule has 2 fully saturated rings. The Kier molecular flexibility index (Phi) is 5.53. The summed E-state index contributed by atoms with van der Waals surface area (Å²) in [6.45, 7) is 6.73. The number of allylic oxidation sites excluding steroid dienone is 1. The van der Waals surface area contributed by atoms with Gasteiger partial charge < -0.3 is 11.5 Å². The van der Waals surface area contributed by atoms with Crippen LogP contribution in [0.2, 0.25) is 0 Å². The van der Waals surface area contributed by atoms with Crippen molar-refractivity contribution >= 4 is 16.9 Å². The lowest BCUT2D eigenvalue weighted by Gasteiger charge is -2.37. The zero-order valence-corrected chi connectivity index (χ0v) is 15.3. The zero-order valence-electron chi connectivity index (χ0n) is 15.3. The fourth-order valence-electron chi connectivity index (χ4n) is 4.97. The zero-order chi connectivity index (χ0) is 17.1. The van der Waals surface area contributed by atoms with Crippen LogP contribution in [-0.2, 0) is 0 Å². The molecule has 0 amide bonds. The number of anilines is 2. The molecule has 2 heteroatoms. The first-order valence-corrected chi connectivity index (χ1v) is 9.85. The molecule has 2 saturated carbocycles. The number of benzene rings is 1. The summed E-state index contributed by atoms with van der Waals surface area (Å²) in [6, 6.07) is 5.83. The van der Waals surface area contributed by atoms with Crippen molar-refractivity contribution in [2.24, 2.45) is 23.7 Å². The average molecular weight is 327 g/mol. The summed E-state index contributed by atoms with van der Waals surface area (Å²) in [6.07, 6.45) is 12.6. The number of nitrogen functional groups attached to an aromatic ring is 2. The maximum atomic E-state index is 5.92. The second-order valence-corrected chi connectivity index (χ2v) is 8.50. The van der Waals surface area contributed by atoms with Crippen molar-refractivity contribution in [2.75, 3.05) is 11.5 Å². The summed E-state index contributed by atoms with van der Waals surface area (Å²) in [5, 5.41) is 0. The van der Waals surface area contributed by atoms with E-state index < -0.39 is 0 Å². The van der Waals surface area contributed by atoms with E-state index in [0.717, 1.165) is 47.0 Å². The van der Waals surface area contributed by atoms with Crippen molar-refractivity contribution in [3.8, 4) is 0 Å². The highest BCUT2D eigenvalue weighted by Gasteiger charge is 2.30. The van der Waals surface area contributed by atoms with Crippen molar-refractivity contribution in [3.63, 3.8) is 0 Å². The van der Waals surface area contributed by atoms with Gasteiger partial charge in [-0.3, -0.25) is 0 Å². The smallest absolute Gasteiger partial charge is 0.0340 e. The van der Waals surface area contributed by atoms with Crippen LogP contribution < -0.4 is 11.5 Å². The first-order valence-electron chi connectivity index (χ1n) is 9.85. The van der Waals surface area contributed by atoms with Gasteiger partial charge in [0.15, 0.2) is 0 Å². The maximum Gasteiger partial charge on any atom is 0.0340 e. The van der Waals surface area contributed by atoms with Crippen molar-refractivity contribution < 1.29 is 0 Å². The molecule has 0 atom stereocenters. The third kappa shape index (κ3) is 4.34. The van der Waals surface area contributed by atoms with Crippen LogP contribution in [0.4, 0.5) is 11.4 Å². The minimum absolute atomic E-state index is 0.737. The molecule has 0 aliphatic heterocycles. The molecular weight excluding hydrogens is 292 g/mol. The second kappa shape index (κ2) is 7.63. The summed E-state index contributed by atoms with van der Waals surface area (Å²) < 4.78 is 0. The highest BCUT2D eigenvalue weighted by molar-refractivity contribution is 5.70. The minimum atomic E-state index is 0.737. The largest absolute Gasteiger partial charge is 0.399 e. The molecule has 0 spiro atoms. The first kappa shape index (κ1) is 17.4. The lowest BCUT2D eigenvalue weighted by Crippen LogP contribution is -2.25. The molecule has 0 heterocycles. The Morgan fingerprint density at radius 1 is 0.875 bits per heavy atom. The van der Waals surface area contributed by atoms with Gasteiger partial charge in [-0.2, -0.15) is 0 Å². The predicted molar refractivity (Wildman–Crippen MR) is 105 cm³/mol. The number of rotatable bonds is 4. The molecule has 24 heavy (non-hydrogen) atoms. The van der Waals surface area contributed by atoms with Gasteiger partial charge >= 0.3 is 0 Å². The summed E-state index contributed by atoms with van der Waals surface area (Å²) >= 11 is 0. The van der Waals surface area contributed by atoms with Crippen LogP contribution in [0.15, 0.2) is 24.8 Å². The van der Waals surface area contributed by atoms with E-state index in [1.54, 1.807) is 0 Å². The van der Waals surface area contributed by atoms with Crippen molar-refractivity contribution in [3.05, 3.63) is 30.3 Å². The second-order valence-electron chi connectivity index (χ2n) is 8.50. The quantitative estimate of drug-likeness (QED) is 0.678. The molecule has 3 rings (SSSR count). The van der Waals surface area contributed by atoms with Gasteiger partial charge in [-0.1, -0.05) is 26.3 Å². The van der Waals surface area contributed by atoms with Gasteiger partial charge in [-0.05, 0) is 98.0 Å². The fraction of sp³-hybridized carbons (Fsp3) is 0.636. The molecule has 2 aliphatic carbocycles. The lowest BCUT2D eigenvalue weighted by molar-refractivity contribution is 0.151. The Bertz CT molecular complexity index is 541. The highest BCUT2D eigenvalue weighted by atomic mass is 14.6. The van der Waals surface area contributed by atoms with E-state index >= 15 is 0 Å². The summed E-state index contributed by atoms with van der Waals surface area (Å²) in [5.74, 6) is 3.76. The van der Waals surface area contributed by atoms with E-state index in [1.807, 2.05) is 18.2 Å². The Morgan fingerprint density at radius 3 is 1.92 bits per heavy atom. The van der Waals surface area contributed by atoms with E-state index in [2.05, 4.69) is 13.5 Å². The molecule has 2 nitrogen and oxygen atoms in total. The van der Waals surface area contributed by atoms with Crippen LogP contribution in [0.25, 0.3) is 5.57 Å². The van der Waals surface area contributed by atoms with Crippen LogP contribution in [0, 0.1) is 23.7 Å². The van der Waals surface area contributed by atoms with Crippen LogP contribution in [0.5, 0.6) is 0 Å². The third-order valence-electron chi connectivity index (χ3n) is 6.54. The molecular formula is C22H34N2. The highest BCUT2D eigenvalue weighted by Crippen LogP contribution is 2.43. The van der Waals surface area contributed by atoms with Crippen LogP contribution in [0.1, 0.15) is 70.3 Å². The summed E-state index contributed by atoms with van der Waals surface area (Å²) in [4.78, 5) is 0. The van der Waals surface area contributed by atoms with Gasteiger partial charge in [-0.15, -0.1) is 0 Å². The van der Waals surface area contributed by atoms with E-state index in [4.69, 9.17) is 11.5 Å². The molecule has 0 saturated heterocycles. The molecule has 1 aromatic rings. The lowest BCUT2D eigenvalue weighted by atomic mass is 9.68. The van der Waals surface area contributed by atoms with Crippen LogP contribution >= 0.6 is 0 Å². The van der Waals surface area contributed by atoms with Gasteiger partial charge in [-0.25, -0.2) is 0 Å². The molecule has 0 unspecified atom stereocenters. The molecule has 4 N–H and O–H groups in total. The van der Waals surface area contributed by atoms with E-state index in [9.17, 15) is 0 Å². The molecule has 0 aromatic heterocycles. The Morgan fingerprint density at radius 2 is 1.38 bits per heavy atom. The van der Waals surface area contributed by atoms with E-state index in [1.165, 1.54) is 56.9 Å². The maximum absolute atomic E-state index is 5.92. The van der Waals surface area contributed by atoms with Crippen molar-refractivity contribution in [2.45, 2.75) is 64.7 Å². The van der Waals surface area contributed by atoms with Gasteiger partial charge in [0.2, 0.25) is 0 Å². The third-order valence-corrected chi connectivity index (χ3v) is 6.54. The SMILES string of the molecule is C=C(CC1CCC(C2CCC(C)CC2)CC1)c1cc(N)cc(N)c1. The van der Waals surface area contributed by atoms with Gasteiger partial charge in [0.25, 0.3) is 0 Å². The molecule has 2 aliphatic rings. The molecule has 0 bridgehead atoms. The fourth-order valence-corrected chi connectivity index (χ4v) is 4.97. The van der Waals surface area contributed by atoms with Gasteiger partial charge in [0, 0.05) is 11.4 Å². The number of hydrogen-bond acceptors (Lipinski definition) is 2. The average Bonchev–Trinajstić information content (AvgIpc) is 2.55. The summed E-state index contributed by atoms with van der Waals surface area (Å²) in [7, 11) is 0. The summed E-state index contributed by atoms with van der Waals surface area (Å²) in [5.41, 5.74) is 15.6. The topological polar surface area (TPSA) is 52.0 Å². The van der Waals surface area contributed by atoms with Crippen molar-refractivity contribution in [1.29, 1.82) is 0 Å². The van der Waals surface area contributed by atoms with Crippen LogP contribution in [0.3, 0.4) is 0 Å². The molecule has 0 radical (unpaired) electrons. The van der Waals surface area contributed by atoms with Crippen molar-refractivity contribution in [1.82, 2.24) is 0 Å². The Hall–Kier alpha value is -1.44. The molecule has 1 aromatic carbocycles. The Balaban J connectivity index is 1.49. The minimum Gasteiger partial charge on any atom is -0.399 e. The van der Waals surface area contributed by atoms with E-state index in [-0.39, 0.29) is 0 Å². The molecule has 132 valence electrons. The van der Waals surface area contributed by atoms with Gasteiger partial charge in [0.1, 0.15) is 0 Å². The standard InChI is InChI=1S/C22H34N2/c1-15-3-7-18(8-4-15)19-9-5-17(6-10-19)11-16(2)20-12-21(23)14-22(24)13-20/h12-15,17-19H,2-11,23-24H2,1H3. The normalized spacial score (nSPS) is 30.9. The Labute approximate surface area is 147 Å². The number of hydrogen-bond donors (Lipinski definition) is 2. The first-order chi connectivity index (χ1) is 11.5. The predicted octanol–water partition coefficient (Wildman–Crippen LogP) is 5.89. The number of nitrogens with two attached hydrogens (primary N) is 2.